The lowest BCUT2D eigenvalue weighted by atomic mass is 10.1. The van der Waals surface area contributed by atoms with E-state index in [1.165, 1.54) is 19.3 Å². The molecular formula is C23H24Cl2N2O4. The van der Waals surface area contributed by atoms with Crippen LogP contribution in [-0.2, 0) is 17.9 Å². The zero-order chi connectivity index (χ0) is 21.6. The molecule has 3 aromatic rings. The molecule has 0 N–H and O–H groups in total. The minimum Gasteiger partial charge on any atom is -0.482 e. The molecule has 0 saturated carbocycles. The Bertz CT molecular complexity index is 997. The molecule has 0 unspecified atom stereocenters. The van der Waals surface area contributed by atoms with Crippen LogP contribution < -0.4 is 9.64 Å². The summed E-state index contributed by atoms with van der Waals surface area (Å²) in [7, 11) is 0. The Morgan fingerprint density at radius 2 is 1.84 bits per heavy atom. The number of benzene rings is 1. The topological polar surface area (TPSA) is 59.1 Å². The fourth-order valence-corrected chi connectivity index (χ4v) is 4.03. The summed E-state index contributed by atoms with van der Waals surface area (Å²) < 4.78 is 17.1. The largest absolute Gasteiger partial charge is 0.482 e. The first-order valence-electron chi connectivity index (χ1n) is 10.3. The highest BCUT2D eigenvalue weighted by Gasteiger charge is 2.20. The highest BCUT2D eigenvalue weighted by Crippen LogP contribution is 2.28. The van der Waals surface area contributed by atoms with Gasteiger partial charge in [-0.2, -0.15) is 0 Å². The second kappa shape index (κ2) is 10.2. The summed E-state index contributed by atoms with van der Waals surface area (Å²) in [5, 5.41) is 0.862. The Hall–Kier alpha value is -2.57. The van der Waals surface area contributed by atoms with E-state index in [4.69, 9.17) is 36.8 Å². The number of anilines is 1. The van der Waals surface area contributed by atoms with Crippen molar-refractivity contribution in [1.82, 2.24) is 4.90 Å². The lowest BCUT2D eigenvalue weighted by Gasteiger charge is -2.26. The van der Waals surface area contributed by atoms with Crippen molar-refractivity contribution < 1.29 is 18.4 Å². The van der Waals surface area contributed by atoms with Crippen LogP contribution >= 0.6 is 23.2 Å². The van der Waals surface area contributed by atoms with E-state index in [0.29, 0.717) is 40.4 Å². The van der Waals surface area contributed by atoms with E-state index >= 15 is 0 Å². The van der Waals surface area contributed by atoms with E-state index in [-0.39, 0.29) is 12.5 Å². The molecule has 31 heavy (non-hydrogen) atoms. The van der Waals surface area contributed by atoms with Crippen LogP contribution in [0.3, 0.4) is 0 Å². The summed E-state index contributed by atoms with van der Waals surface area (Å²) in [5.74, 6) is 2.44. The first-order valence-corrected chi connectivity index (χ1v) is 11.1. The Morgan fingerprint density at radius 1 is 1.03 bits per heavy atom. The number of nitrogens with zero attached hydrogens (tertiary/aromatic N) is 2. The molecule has 6 nitrogen and oxygen atoms in total. The first kappa shape index (κ1) is 21.7. The van der Waals surface area contributed by atoms with E-state index < -0.39 is 0 Å². The molecule has 0 bridgehead atoms. The van der Waals surface area contributed by atoms with Gasteiger partial charge in [-0.1, -0.05) is 23.2 Å². The molecule has 1 saturated heterocycles. The molecule has 1 amide bonds. The molecule has 4 rings (SSSR count). The van der Waals surface area contributed by atoms with Crippen molar-refractivity contribution in [1.29, 1.82) is 0 Å². The van der Waals surface area contributed by atoms with Crippen molar-refractivity contribution in [3.63, 3.8) is 0 Å². The summed E-state index contributed by atoms with van der Waals surface area (Å²) in [6.07, 6.45) is 5.18. The molecule has 2 aromatic heterocycles. The highest BCUT2D eigenvalue weighted by molar-refractivity contribution is 6.35. The van der Waals surface area contributed by atoms with Crippen molar-refractivity contribution in [2.45, 2.75) is 32.4 Å². The summed E-state index contributed by atoms with van der Waals surface area (Å²) in [5.41, 5.74) is 0. The normalized spacial score (nSPS) is 13.9. The minimum absolute atomic E-state index is 0.165. The maximum Gasteiger partial charge on any atom is 0.261 e. The van der Waals surface area contributed by atoms with Gasteiger partial charge in [0.1, 0.15) is 17.3 Å². The number of carbonyl (C=O) groups excluding carboxylic acids is 1. The Labute approximate surface area is 191 Å². The molecular weight excluding hydrogens is 439 g/mol. The molecule has 0 radical (unpaired) electrons. The van der Waals surface area contributed by atoms with Crippen LogP contribution in [0.25, 0.3) is 0 Å². The third kappa shape index (κ3) is 5.77. The molecule has 1 aromatic carbocycles. The van der Waals surface area contributed by atoms with Gasteiger partial charge in [0.25, 0.3) is 5.91 Å². The lowest BCUT2D eigenvalue weighted by Crippen LogP contribution is -2.34. The Balaban J connectivity index is 1.43. The van der Waals surface area contributed by atoms with Crippen LogP contribution in [0.5, 0.6) is 5.75 Å². The number of rotatable bonds is 8. The van der Waals surface area contributed by atoms with Gasteiger partial charge in [-0.3, -0.25) is 4.79 Å². The Kier molecular flexibility index (Phi) is 7.10. The number of furan rings is 2. The minimum atomic E-state index is -0.210. The fourth-order valence-electron chi connectivity index (χ4n) is 3.57. The summed E-state index contributed by atoms with van der Waals surface area (Å²) in [4.78, 5) is 16.9. The number of ether oxygens (including phenoxy) is 1. The number of amides is 1. The molecule has 3 heterocycles. The molecule has 8 heteroatoms. The average Bonchev–Trinajstić information content (AvgIpc) is 3.45. The van der Waals surface area contributed by atoms with E-state index in [1.54, 1.807) is 35.4 Å². The van der Waals surface area contributed by atoms with Crippen LogP contribution in [-0.4, -0.2) is 30.5 Å². The maximum atomic E-state index is 13.0. The van der Waals surface area contributed by atoms with Crippen molar-refractivity contribution in [3.05, 3.63) is 70.3 Å². The molecule has 1 aliphatic heterocycles. The Morgan fingerprint density at radius 3 is 2.58 bits per heavy atom. The third-order valence-corrected chi connectivity index (χ3v) is 5.72. The van der Waals surface area contributed by atoms with Gasteiger partial charge < -0.3 is 23.4 Å². The predicted octanol–water partition coefficient (Wildman–Crippen LogP) is 5.78. The number of hydrogen-bond acceptors (Lipinski definition) is 5. The zero-order valence-electron chi connectivity index (χ0n) is 17.1. The van der Waals surface area contributed by atoms with Crippen molar-refractivity contribution in [2.75, 3.05) is 24.6 Å². The second-order valence-corrected chi connectivity index (χ2v) is 8.32. The van der Waals surface area contributed by atoms with E-state index in [9.17, 15) is 4.79 Å². The van der Waals surface area contributed by atoms with Crippen molar-refractivity contribution in [3.8, 4) is 5.75 Å². The van der Waals surface area contributed by atoms with Gasteiger partial charge in [0.15, 0.2) is 12.5 Å². The maximum absolute atomic E-state index is 13.0. The van der Waals surface area contributed by atoms with E-state index in [2.05, 4.69) is 4.90 Å². The standard InChI is InChI=1S/C23H24Cl2N2O4/c24-17-6-8-21(20(25)13-17)30-16-22(28)27(14-18-5-4-12-29-18)15-19-7-9-23(31-19)26-10-2-1-3-11-26/h4-9,12-13H,1-3,10-11,14-16H2. The summed E-state index contributed by atoms with van der Waals surface area (Å²) in [6, 6.07) is 12.4. The van der Waals surface area contributed by atoms with Gasteiger partial charge in [0.2, 0.25) is 0 Å². The number of carbonyl (C=O) groups is 1. The van der Waals surface area contributed by atoms with Gasteiger partial charge in [-0.25, -0.2) is 0 Å². The van der Waals surface area contributed by atoms with E-state index in [0.717, 1.165) is 19.0 Å². The third-order valence-electron chi connectivity index (χ3n) is 5.19. The first-order chi connectivity index (χ1) is 15.1. The van der Waals surface area contributed by atoms with Crippen molar-refractivity contribution >= 4 is 35.0 Å². The predicted molar refractivity (Wildman–Crippen MR) is 120 cm³/mol. The van der Waals surface area contributed by atoms with Gasteiger partial charge in [0, 0.05) is 24.2 Å². The molecule has 0 aliphatic carbocycles. The second-order valence-electron chi connectivity index (χ2n) is 7.48. The lowest BCUT2D eigenvalue weighted by molar-refractivity contribution is -0.135. The number of hydrogen-bond donors (Lipinski definition) is 0. The van der Waals surface area contributed by atoms with E-state index in [1.807, 2.05) is 18.2 Å². The highest BCUT2D eigenvalue weighted by atomic mass is 35.5. The van der Waals surface area contributed by atoms with Crippen LogP contribution in [0.2, 0.25) is 10.0 Å². The number of halogens is 2. The van der Waals surface area contributed by atoms with Crippen LogP contribution in [0.15, 0.2) is 57.6 Å². The van der Waals surface area contributed by atoms with Crippen molar-refractivity contribution in [2.24, 2.45) is 0 Å². The van der Waals surface area contributed by atoms with Gasteiger partial charge in [-0.05, 0) is 55.7 Å². The molecule has 0 atom stereocenters. The molecule has 164 valence electrons. The number of piperidine rings is 1. The summed E-state index contributed by atoms with van der Waals surface area (Å²) >= 11 is 12.1. The van der Waals surface area contributed by atoms with Crippen LogP contribution in [0.4, 0.5) is 5.88 Å². The molecule has 0 spiro atoms. The smallest absolute Gasteiger partial charge is 0.261 e. The molecule has 1 fully saturated rings. The monoisotopic (exact) mass is 462 g/mol. The summed E-state index contributed by atoms with van der Waals surface area (Å²) in [6.45, 7) is 2.45. The average molecular weight is 463 g/mol. The molecule has 1 aliphatic rings. The van der Waals surface area contributed by atoms with Gasteiger partial charge in [0.05, 0.1) is 24.4 Å². The zero-order valence-corrected chi connectivity index (χ0v) is 18.6. The quantitative estimate of drug-likeness (QED) is 0.424. The van der Waals surface area contributed by atoms with Crippen LogP contribution in [0, 0.1) is 0 Å². The van der Waals surface area contributed by atoms with Crippen LogP contribution in [0.1, 0.15) is 30.8 Å². The fraction of sp³-hybridized carbons (Fsp3) is 0.348. The SMILES string of the molecule is O=C(COc1ccc(Cl)cc1Cl)N(Cc1ccco1)Cc1ccc(N2CCCCC2)o1. The van der Waals surface area contributed by atoms with Gasteiger partial charge >= 0.3 is 0 Å². The van der Waals surface area contributed by atoms with Gasteiger partial charge in [-0.15, -0.1) is 0 Å².